The fraction of sp³-hybridized carbons (Fsp3) is 0.556. The van der Waals surface area contributed by atoms with Gasteiger partial charge in [0.05, 0.1) is 18.2 Å². The minimum Gasteiger partial charge on any atom is -0.302 e. The van der Waals surface area contributed by atoms with E-state index in [-0.39, 0.29) is 24.3 Å². The van der Waals surface area contributed by atoms with E-state index in [1.807, 2.05) is 12.1 Å². The molecule has 3 rings (SSSR count). The van der Waals surface area contributed by atoms with Crippen molar-refractivity contribution < 1.29 is 9.59 Å². The van der Waals surface area contributed by atoms with Gasteiger partial charge in [0.1, 0.15) is 0 Å². The van der Waals surface area contributed by atoms with Gasteiger partial charge >= 0.3 is 0 Å². The van der Waals surface area contributed by atoms with E-state index in [9.17, 15) is 9.59 Å². The maximum Gasteiger partial charge on any atom is 0.251 e. The summed E-state index contributed by atoms with van der Waals surface area (Å²) >= 11 is 3.37. The molecule has 2 fully saturated rings. The van der Waals surface area contributed by atoms with Gasteiger partial charge < -0.3 is 5.32 Å². The molecule has 1 aromatic rings. The van der Waals surface area contributed by atoms with Crippen molar-refractivity contribution in [3.05, 3.63) is 28.7 Å². The Labute approximate surface area is 145 Å². The second kappa shape index (κ2) is 6.73. The van der Waals surface area contributed by atoms with Crippen LogP contribution < -0.4 is 10.2 Å². The lowest BCUT2D eigenvalue weighted by molar-refractivity contribution is -0.121. The number of amides is 2. The van der Waals surface area contributed by atoms with Gasteiger partial charge in [0.15, 0.2) is 0 Å². The van der Waals surface area contributed by atoms with Crippen LogP contribution in [0.1, 0.15) is 39.5 Å². The summed E-state index contributed by atoms with van der Waals surface area (Å²) in [5, 5.41) is 3.47. The van der Waals surface area contributed by atoms with E-state index in [2.05, 4.69) is 35.1 Å². The third kappa shape index (κ3) is 3.36. The number of hydrogen-bond donors (Lipinski definition) is 1. The van der Waals surface area contributed by atoms with Gasteiger partial charge in [-0.05, 0) is 42.5 Å². The van der Waals surface area contributed by atoms with Crippen LogP contribution in [0.3, 0.4) is 0 Å². The Balaban J connectivity index is 1.72. The molecule has 0 aromatic heterocycles. The smallest absolute Gasteiger partial charge is 0.251 e. The summed E-state index contributed by atoms with van der Waals surface area (Å²) in [4.78, 5) is 26.3. The SMILES string of the molecule is CC1CCCC(NC2CC(=O)N(c3ccc(Br)cc3)C2=O)C1C. The van der Waals surface area contributed by atoms with Crippen molar-refractivity contribution in [3.63, 3.8) is 0 Å². The highest BCUT2D eigenvalue weighted by Gasteiger charge is 2.41. The van der Waals surface area contributed by atoms with E-state index < -0.39 is 0 Å². The van der Waals surface area contributed by atoms with Gasteiger partial charge in [0.25, 0.3) is 5.91 Å². The maximum absolute atomic E-state index is 12.7. The van der Waals surface area contributed by atoms with Gasteiger partial charge in [-0.3, -0.25) is 9.59 Å². The first-order valence-electron chi connectivity index (χ1n) is 8.36. The second-order valence-corrected chi connectivity index (χ2v) is 7.76. The van der Waals surface area contributed by atoms with Gasteiger partial charge in [0.2, 0.25) is 5.91 Å². The summed E-state index contributed by atoms with van der Waals surface area (Å²) < 4.78 is 0.931. The minimum absolute atomic E-state index is 0.119. The molecule has 0 bridgehead atoms. The highest BCUT2D eigenvalue weighted by Crippen LogP contribution is 2.31. The van der Waals surface area contributed by atoms with Crippen molar-refractivity contribution >= 4 is 33.4 Å². The van der Waals surface area contributed by atoms with Gasteiger partial charge in [-0.25, -0.2) is 4.90 Å². The summed E-state index contributed by atoms with van der Waals surface area (Å²) in [5.41, 5.74) is 0.651. The molecule has 4 nitrogen and oxygen atoms in total. The van der Waals surface area contributed by atoms with Gasteiger partial charge in [-0.2, -0.15) is 0 Å². The summed E-state index contributed by atoms with van der Waals surface area (Å²) in [6, 6.07) is 7.23. The lowest BCUT2D eigenvalue weighted by Gasteiger charge is -2.36. The molecule has 2 amide bonds. The first kappa shape index (κ1) is 16.7. The van der Waals surface area contributed by atoms with Crippen molar-refractivity contribution in [3.8, 4) is 0 Å². The molecular formula is C18H23BrN2O2. The third-order valence-corrected chi connectivity index (χ3v) is 5.88. The van der Waals surface area contributed by atoms with E-state index in [0.717, 1.165) is 10.9 Å². The molecule has 4 unspecified atom stereocenters. The fourth-order valence-electron chi connectivity index (χ4n) is 3.70. The van der Waals surface area contributed by atoms with Crippen molar-refractivity contribution in [2.75, 3.05) is 4.90 Å². The Bertz CT molecular complexity index is 602. The van der Waals surface area contributed by atoms with Crippen molar-refractivity contribution in [1.29, 1.82) is 0 Å². The van der Waals surface area contributed by atoms with Crippen LogP contribution in [0, 0.1) is 11.8 Å². The molecule has 1 aliphatic heterocycles. The van der Waals surface area contributed by atoms with E-state index in [1.54, 1.807) is 12.1 Å². The van der Waals surface area contributed by atoms with Crippen LogP contribution in [0.5, 0.6) is 0 Å². The fourth-order valence-corrected chi connectivity index (χ4v) is 3.96. The molecule has 1 N–H and O–H groups in total. The highest BCUT2D eigenvalue weighted by molar-refractivity contribution is 9.10. The van der Waals surface area contributed by atoms with Crippen molar-refractivity contribution in [2.45, 2.75) is 51.6 Å². The predicted octanol–water partition coefficient (Wildman–Crippen LogP) is 3.50. The van der Waals surface area contributed by atoms with E-state index in [0.29, 0.717) is 23.6 Å². The maximum atomic E-state index is 12.7. The monoisotopic (exact) mass is 378 g/mol. The number of carbonyl (C=O) groups is 2. The van der Waals surface area contributed by atoms with Crippen LogP contribution in [0.2, 0.25) is 0 Å². The van der Waals surface area contributed by atoms with Gasteiger partial charge in [-0.1, -0.05) is 42.6 Å². The summed E-state index contributed by atoms with van der Waals surface area (Å²) in [5.74, 6) is 0.957. The van der Waals surface area contributed by atoms with Crippen LogP contribution in [-0.4, -0.2) is 23.9 Å². The number of halogens is 1. The molecular weight excluding hydrogens is 356 g/mol. The topological polar surface area (TPSA) is 49.4 Å². The second-order valence-electron chi connectivity index (χ2n) is 6.84. The summed E-state index contributed by atoms with van der Waals surface area (Å²) in [6.07, 6.45) is 3.78. The lowest BCUT2D eigenvalue weighted by atomic mass is 9.78. The normalized spacial score (nSPS) is 31.7. The van der Waals surface area contributed by atoms with E-state index in [4.69, 9.17) is 0 Å². The first-order chi connectivity index (χ1) is 11.0. The van der Waals surface area contributed by atoms with Crippen LogP contribution >= 0.6 is 15.9 Å². The Morgan fingerprint density at radius 2 is 1.83 bits per heavy atom. The number of nitrogens with zero attached hydrogens (tertiary/aromatic N) is 1. The Morgan fingerprint density at radius 3 is 2.52 bits per heavy atom. The Morgan fingerprint density at radius 1 is 1.13 bits per heavy atom. The zero-order chi connectivity index (χ0) is 16.6. The molecule has 2 aliphatic rings. The first-order valence-corrected chi connectivity index (χ1v) is 9.15. The average molecular weight is 379 g/mol. The van der Waals surface area contributed by atoms with Crippen molar-refractivity contribution in [1.82, 2.24) is 5.32 Å². The molecule has 5 heteroatoms. The lowest BCUT2D eigenvalue weighted by Crippen LogP contribution is -2.48. The number of carbonyl (C=O) groups excluding carboxylic acids is 2. The van der Waals surface area contributed by atoms with Gasteiger partial charge in [0, 0.05) is 10.5 Å². The van der Waals surface area contributed by atoms with Gasteiger partial charge in [-0.15, -0.1) is 0 Å². The zero-order valence-corrected chi connectivity index (χ0v) is 15.2. The zero-order valence-electron chi connectivity index (χ0n) is 13.6. The molecule has 0 radical (unpaired) electrons. The number of anilines is 1. The minimum atomic E-state index is -0.385. The number of nitrogens with one attached hydrogen (secondary N) is 1. The molecule has 4 atom stereocenters. The summed E-state index contributed by atoms with van der Waals surface area (Å²) in [6.45, 7) is 4.52. The molecule has 124 valence electrons. The number of imide groups is 1. The molecule has 0 spiro atoms. The molecule has 1 heterocycles. The molecule has 1 aromatic carbocycles. The van der Waals surface area contributed by atoms with Crippen LogP contribution in [0.15, 0.2) is 28.7 Å². The van der Waals surface area contributed by atoms with Crippen LogP contribution in [0.25, 0.3) is 0 Å². The Kier molecular flexibility index (Phi) is 4.87. The molecule has 1 aliphatic carbocycles. The van der Waals surface area contributed by atoms with Crippen molar-refractivity contribution in [2.24, 2.45) is 11.8 Å². The standard InChI is InChI=1S/C18H23BrN2O2/c1-11-4-3-5-15(12(11)2)20-16-10-17(22)21(18(16)23)14-8-6-13(19)7-9-14/h6-9,11-12,15-16,20H,3-5,10H2,1-2H3. The number of hydrogen-bond acceptors (Lipinski definition) is 3. The molecule has 23 heavy (non-hydrogen) atoms. The molecule has 1 saturated carbocycles. The highest BCUT2D eigenvalue weighted by atomic mass is 79.9. The van der Waals surface area contributed by atoms with Crippen LogP contribution in [-0.2, 0) is 9.59 Å². The number of rotatable bonds is 3. The van der Waals surface area contributed by atoms with E-state index >= 15 is 0 Å². The van der Waals surface area contributed by atoms with E-state index in [1.165, 1.54) is 17.7 Å². The van der Waals surface area contributed by atoms with Crippen LogP contribution in [0.4, 0.5) is 5.69 Å². The average Bonchev–Trinajstić information content (AvgIpc) is 2.79. The third-order valence-electron chi connectivity index (χ3n) is 5.35. The largest absolute Gasteiger partial charge is 0.302 e. The number of benzene rings is 1. The quantitative estimate of drug-likeness (QED) is 0.818. The molecule has 1 saturated heterocycles. The Hall–Kier alpha value is -1.20. The predicted molar refractivity (Wildman–Crippen MR) is 94.1 cm³/mol. The summed E-state index contributed by atoms with van der Waals surface area (Å²) in [7, 11) is 0.